The van der Waals surface area contributed by atoms with Gasteiger partial charge in [-0.3, -0.25) is 9.59 Å². The minimum absolute atomic E-state index is 0.126. The topological polar surface area (TPSA) is 80.0 Å². The maximum absolute atomic E-state index is 12.7. The zero-order chi connectivity index (χ0) is 19.4. The van der Waals surface area contributed by atoms with Crippen LogP contribution in [0.2, 0.25) is 0 Å². The van der Waals surface area contributed by atoms with Crippen molar-refractivity contribution in [3.8, 4) is 22.6 Å². The molecule has 3 rings (SSSR count). The van der Waals surface area contributed by atoms with Gasteiger partial charge in [-0.15, -0.1) is 0 Å². The van der Waals surface area contributed by atoms with Crippen LogP contribution in [0.15, 0.2) is 57.9 Å². The number of hydrogen-bond acceptors (Lipinski definition) is 6. The first kappa shape index (κ1) is 18.7. The van der Waals surface area contributed by atoms with Gasteiger partial charge in [-0.05, 0) is 56.9 Å². The minimum atomic E-state index is -0.320. The largest absolute Gasteiger partial charge is 0.508 e. The van der Waals surface area contributed by atoms with E-state index in [1.807, 2.05) is 19.0 Å². The Morgan fingerprint density at radius 1 is 1.15 bits per heavy atom. The number of phenols is 1. The summed E-state index contributed by atoms with van der Waals surface area (Å²) in [6, 6.07) is 11.0. The number of aromatic hydroxyl groups is 1. The van der Waals surface area contributed by atoms with Gasteiger partial charge in [0.15, 0.2) is 5.43 Å². The van der Waals surface area contributed by atoms with Crippen LogP contribution in [0.4, 0.5) is 0 Å². The molecule has 1 aromatic heterocycles. The Labute approximate surface area is 156 Å². The zero-order valence-electron chi connectivity index (χ0n) is 15.3. The number of nitrogens with zero attached hydrogens (tertiary/aromatic N) is 1. The Kier molecular flexibility index (Phi) is 5.57. The van der Waals surface area contributed by atoms with Crippen molar-refractivity contribution in [3.05, 3.63) is 59.0 Å². The number of esters is 1. The first-order chi connectivity index (χ1) is 12.9. The van der Waals surface area contributed by atoms with Crippen LogP contribution < -0.4 is 10.2 Å². The normalized spacial score (nSPS) is 11.1. The summed E-state index contributed by atoms with van der Waals surface area (Å²) in [4.78, 5) is 26.6. The lowest BCUT2D eigenvalue weighted by Crippen LogP contribution is -2.16. The smallest absolute Gasteiger partial charge is 0.311 e. The van der Waals surface area contributed by atoms with Crippen molar-refractivity contribution < 1.29 is 19.1 Å². The van der Waals surface area contributed by atoms with E-state index < -0.39 is 0 Å². The molecule has 0 amide bonds. The van der Waals surface area contributed by atoms with E-state index in [9.17, 15) is 14.7 Å². The summed E-state index contributed by atoms with van der Waals surface area (Å²) in [5.74, 6) is 0.151. The van der Waals surface area contributed by atoms with Crippen LogP contribution in [0.5, 0.6) is 11.5 Å². The Hall–Kier alpha value is -3.12. The van der Waals surface area contributed by atoms with Gasteiger partial charge in [-0.25, -0.2) is 0 Å². The van der Waals surface area contributed by atoms with Crippen molar-refractivity contribution in [2.75, 3.05) is 20.6 Å². The van der Waals surface area contributed by atoms with Gasteiger partial charge < -0.3 is 19.2 Å². The van der Waals surface area contributed by atoms with Gasteiger partial charge in [0.1, 0.15) is 23.3 Å². The van der Waals surface area contributed by atoms with E-state index in [1.165, 1.54) is 18.4 Å². The molecule has 0 radical (unpaired) electrons. The summed E-state index contributed by atoms with van der Waals surface area (Å²) < 4.78 is 10.9. The minimum Gasteiger partial charge on any atom is -0.508 e. The molecular formula is C21H21NO5. The fraction of sp³-hybridized carbons (Fsp3) is 0.238. The summed E-state index contributed by atoms with van der Waals surface area (Å²) in [7, 11) is 3.90. The van der Waals surface area contributed by atoms with Gasteiger partial charge in [0.2, 0.25) is 0 Å². The van der Waals surface area contributed by atoms with E-state index >= 15 is 0 Å². The zero-order valence-corrected chi connectivity index (χ0v) is 15.3. The predicted octanol–water partition coefficient (Wildman–Crippen LogP) is 3.41. The molecule has 0 fully saturated rings. The highest BCUT2D eigenvalue weighted by atomic mass is 16.5. The van der Waals surface area contributed by atoms with Crippen LogP contribution in [-0.2, 0) is 4.79 Å². The Bertz CT molecular complexity index is 1010. The SMILES string of the molecule is CN(C)CCCC(=O)Oc1ccc2c(=O)c(-c3ccc(O)cc3)coc2c1. The average molecular weight is 367 g/mol. The van der Waals surface area contributed by atoms with Crippen LogP contribution in [0.25, 0.3) is 22.1 Å². The van der Waals surface area contributed by atoms with Crippen molar-refractivity contribution in [2.24, 2.45) is 0 Å². The summed E-state index contributed by atoms with van der Waals surface area (Å²) in [5, 5.41) is 9.78. The fourth-order valence-corrected chi connectivity index (χ4v) is 2.73. The molecule has 6 nitrogen and oxygen atoms in total. The molecule has 1 heterocycles. The lowest BCUT2D eigenvalue weighted by molar-refractivity contribution is -0.134. The number of carbonyl (C=O) groups is 1. The summed E-state index contributed by atoms with van der Waals surface area (Å²) in [6.45, 7) is 0.807. The number of benzene rings is 2. The molecule has 27 heavy (non-hydrogen) atoms. The monoisotopic (exact) mass is 367 g/mol. The molecule has 0 spiro atoms. The van der Waals surface area contributed by atoms with Crippen LogP contribution in [0.3, 0.4) is 0 Å². The fourth-order valence-electron chi connectivity index (χ4n) is 2.73. The van der Waals surface area contributed by atoms with Gasteiger partial charge in [-0.2, -0.15) is 0 Å². The van der Waals surface area contributed by atoms with E-state index in [2.05, 4.69) is 0 Å². The second-order valence-corrected chi connectivity index (χ2v) is 6.56. The molecule has 0 unspecified atom stereocenters. The molecule has 0 aliphatic carbocycles. The number of fused-ring (bicyclic) bond motifs is 1. The van der Waals surface area contributed by atoms with Crippen molar-refractivity contribution in [3.63, 3.8) is 0 Å². The third kappa shape index (κ3) is 4.54. The summed E-state index contributed by atoms with van der Waals surface area (Å²) in [5.41, 5.74) is 1.21. The van der Waals surface area contributed by atoms with Gasteiger partial charge >= 0.3 is 5.97 Å². The molecule has 0 atom stereocenters. The van der Waals surface area contributed by atoms with Crippen molar-refractivity contribution >= 4 is 16.9 Å². The van der Waals surface area contributed by atoms with Gasteiger partial charge in [0, 0.05) is 12.5 Å². The summed E-state index contributed by atoms with van der Waals surface area (Å²) >= 11 is 0. The number of rotatable bonds is 6. The lowest BCUT2D eigenvalue weighted by Gasteiger charge is -2.09. The summed E-state index contributed by atoms with van der Waals surface area (Å²) in [6.07, 6.45) is 2.41. The van der Waals surface area contributed by atoms with Gasteiger partial charge in [0.05, 0.1) is 10.9 Å². The molecular weight excluding hydrogens is 346 g/mol. The first-order valence-electron chi connectivity index (χ1n) is 8.64. The molecule has 3 aromatic rings. The Morgan fingerprint density at radius 2 is 1.89 bits per heavy atom. The number of ether oxygens (including phenoxy) is 1. The Morgan fingerprint density at radius 3 is 2.59 bits per heavy atom. The van der Waals surface area contributed by atoms with E-state index in [0.717, 1.165) is 6.54 Å². The second-order valence-electron chi connectivity index (χ2n) is 6.56. The quantitative estimate of drug-likeness (QED) is 0.531. The molecule has 140 valence electrons. The maximum Gasteiger partial charge on any atom is 0.311 e. The number of hydrogen-bond donors (Lipinski definition) is 1. The third-order valence-corrected chi connectivity index (χ3v) is 4.14. The lowest BCUT2D eigenvalue weighted by atomic mass is 10.1. The van der Waals surface area contributed by atoms with Crippen molar-refractivity contribution in [1.29, 1.82) is 0 Å². The van der Waals surface area contributed by atoms with Crippen LogP contribution in [0.1, 0.15) is 12.8 Å². The molecule has 0 saturated heterocycles. The molecule has 1 N–H and O–H groups in total. The van der Waals surface area contributed by atoms with Crippen molar-refractivity contribution in [2.45, 2.75) is 12.8 Å². The predicted molar refractivity (Wildman–Crippen MR) is 103 cm³/mol. The van der Waals surface area contributed by atoms with Gasteiger partial charge in [-0.1, -0.05) is 12.1 Å². The average Bonchev–Trinajstić information content (AvgIpc) is 2.62. The van der Waals surface area contributed by atoms with E-state index in [4.69, 9.17) is 9.15 Å². The third-order valence-electron chi connectivity index (χ3n) is 4.14. The highest BCUT2D eigenvalue weighted by Gasteiger charge is 2.12. The number of phenolic OH excluding ortho intramolecular Hbond substituents is 1. The molecule has 2 aromatic carbocycles. The molecule has 0 bridgehead atoms. The van der Waals surface area contributed by atoms with Crippen LogP contribution in [0, 0.1) is 0 Å². The van der Waals surface area contributed by atoms with Crippen LogP contribution >= 0.6 is 0 Å². The van der Waals surface area contributed by atoms with E-state index in [-0.39, 0.29) is 17.1 Å². The van der Waals surface area contributed by atoms with Gasteiger partial charge in [0.25, 0.3) is 0 Å². The molecule has 0 saturated carbocycles. The standard InChI is InChI=1S/C21H21NO5/c1-22(2)11-3-4-20(24)27-16-9-10-17-19(12-16)26-13-18(21(17)25)14-5-7-15(23)8-6-14/h5-10,12-13,23H,3-4,11H2,1-2H3. The second kappa shape index (κ2) is 8.05. The van der Waals surface area contributed by atoms with E-state index in [1.54, 1.807) is 30.3 Å². The molecule has 6 heteroatoms. The Balaban J connectivity index is 1.80. The highest BCUT2D eigenvalue weighted by Crippen LogP contribution is 2.24. The molecule has 0 aliphatic heterocycles. The van der Waals surface area contributed by atoms with E-state index in [0.29, 0.717) is 40.7 Å². The van der Waals surface area contributed by atoms with Crippen molar-refractivity contribution in [1.82, 2.24) is 4.90 Å². The van der Waals surface area contributed by atoms with Crippen LogP contribution in [-0.4, -0.2) is 36.6 Å². The first-order valence-corrected chi connectivity index (χ1v) is 8.64. The maximum atomic E-state index is 12.7. The number of carbonyl (C=O) groups excluding carboxylic acids is 1. The molecule has 0 aliphatic rings. The highest BCUT2D eigenvalue weighted by molar-refractivity contribution is 5.83.